The number of hydrogen-bond donors (Lipinski definition) is 0. The fourth-order valence-electron chi connectivity index (χ4n) is 2.43. The maximum atomic E-state index is 12.4. The zero-order valence-corrected chi connectivity index (χ0v) is 14.7. The lowest BCUT2D eigenvalue weighted by Crippen LogP contribution is -3.00. The average Bonchev–Trinajstić information content (AvgIpc) is 2.54. The summed E-state index contributed by atoms with van der Waals surface area (Å²) in [6, 6.07) is 14.9. The number of rotatable bonds is 4. The molecule has 3 aromatic rings. The smallest absolute Gasteiger partial charge is 0.270 e. The van der Waals surface area contributed by atoms with Gasteiger partial charge in [0.1, 0.15) is 0 Å². The highest BCUT2D eigenvalue weighted by atomic mass is 79.9. The van der Waals surface area contributed by atoms with E-state index in [2.05, 4.69) is 0 Å². The Hall–Kier alpha value is -2.31. The Morgan fingerprint density at radius 3 is 2.67 bits per heavy atom. The molecule has 3 rings (SSSR count). The summed E-state index contributed by atoms with van der Waals surface area (Å²) >= 11 is 5.98. The number of pyridine rings is 1. The molecule has 0 saturated heterocycles. The molecular weight excluding hydrogens is 396 g/mol. The molecule has 0 bridgehead atoms. The van der Waals surface area contributed by atoms with Crippen molar-refractivity contribution >= 4 is 34.0 Å². The van der Waals surface area contributed by atoms with Crippen LogP contribution in [0.15, 0.2) is 60.8 Å². The van der Waals surface area contributed by atoms with E-state index in [4.69, 9.17) is 11.6 Å². The van der Waals surface area contributed by atoms with E-state index in [0.29, 0.717) is 10.6 Å². The minimum Gasteiger partial charge on any atom is -1.00 e. The monoisotopic (exact) mass is 406 g/mol. The van der Waals surface area contributed by atoms with Gasteiger partial charge in [-0.3, -0.25) is 14.9 Å². The van der Waals surface area contributed by atoms with E-state index < -0.39 is 4.92 Å². The molecule has 0 saturated carbocycles. The van der Waals surface area contributed by atoms with Crippen molar-refractivity contribution in [3.05, 3.63) is 81.5 Å². The number of nitrogens with zero attached hydrogens (tertiary/aromatic N) is 2. The fraction of sp³-hybridized carbons (Fsp3) is 0.0588. The van der Waals surface area contributed by atoms with Crippen molar-refractivity contribution in [1.82, 2.24) is 0 Å². The van der Waals surface area contributed by atoms with E-state index in [1.807, 2.05) is 24.3 Å². The summed E-state index contributed by atoms with van der Waals surface area (Å²) in [6.07, 6.45) is 1.80. The van der Waals surface area contributed by atoms with Gasteiger partial charge < -0.3 is 17.0 Å². The SMILES string of the molecule is O=C(C[n+]1cccc2cc(Cl)ccc21)c1cccc([N+](=O)[O-])c1.[Br-]. The number of fused-ring (bicyclic) bond motifs is 1. The molecule has 1 aromatic heterocycles. The number of nitro benzene ring substituents is 1. The van der Waals surface area contributed by atoms with E-state index in [1.54, 1.807) is 22.9 Å². The standard InChI is InChI=1S/C17H12ClN2O3.BrH/c18-14-6-7-16-12(9-14)4-2-8-19(16)11-17(21)13-3-1-5-15(10-13)20(22)23;/h1-10H,11H2;1H/q+1;/p-1. The largest absolute Gasteiger partial charge is 1.00 e. The molecule has 0 radical (unpaired) electrons. The molecule has 24 heavy (non-hydrogen) atoms. The average molecular weight is 408 g/mol. The Labute approximate surface area is 153 Å². The summed E-state index contributed by atoms with van der Waals surface area (Å²) < 4.78 is 1.80. The van der Waals surface area contributed by atoms with Crippen LogP contribution < -0.4 is 21.5 Å². The Morgan fingerprint density at radius 2 is 1.92 bits per heavy atom. The fourth-order valence-corrected chi connectivity index (χ4v) is 2.61. The van der Waals surface area contributed by atoms with Crippen molar-refractivity contribution in [2.24, 2.45) is 0 Å². The van der Waals surface area contributed by atoms with E-state index in [1.165, 1.54) is 18.2 Å². The van der Waals surface area contributed by atoms with Crippen molar-refractivity contribution in [2.45, 2.75) is 6.54 Å². The van der Waals surface area contributed by atoms with Crippen LogP contribution in [0.5, 0.6) is 0 Å². The Balaban J connectivity index is 0.00000208. The topological polar surface area (TPSA) is 64.1 Å². The van der Waals surface area contributed by atoms with Crippen LogP contribution in [0.25, 0.3) is 10.9 Å². The molecule has 5 nitrogen and oxygen atoms in total. The number of aromatic nitrogens is 1. The highest BCUT2D eigenvalue weighted by Crippen LogP contribution is 2.17. The third-order valence-electron chi connectivity index (χ3n) is 3.53. The molecule has 0 aliphatic carbocycles. The van der Waals surface area contributed by atoms with E-state index >= 15 is 0 Å². The molecule has 0 atom stereocenters. The van der Waals surface area contributed by atoms with Gasteiger partial charge >= 0.3 is 0 Å². The number of carbonyl (C=O) groups is 1. The van der Waals surface area contributed by atoms with Crippen LogP contribution in [0, 0.1) is 10.1 Å². The van der Waals surface area contributed by atoms with Gasteiger partial charge in [0.15, 0.2) is 6.20 Å². The molecule has 0 fully saturated rings. The molecule has 0 amide bonds. The maximum Gasteiger partial charge on any atom is 0.270 e. The molecule has 0 aliphatic heterocycles. The van der Waals surface area contributed by atoms with Crippen molar-refractivity contribution in [2.75, 3.05) is 0 Å². The Kier molecular flexibility index (Phi) is 5.64. The van der Waals surface area contributed by atoms with Crippen molar-refractivity contribution < 1.29 is 31.3 Å². The van der Waals surface area contributed by atoms with Crippen molar-refractivity contribution in [1.29, 1.82) is 0 Å². The maximum absolute atomic E-state index is 12.4. The van der Waals surface area contributed by atoms with Crippen LogP contribution in [0.4, 0.5) is 5.69 Å². The van der Waals surface area contributed by atoms with Crippen LogP contribution in [-0.2, 0) is 6.54 Å². The lowest BCUT2D eigenvalue weighted by molar-refractivity contribution is -0.657. The zero-order chi connectivity index (χ0) is 16.4. The number of nitro groups is 1. The molecule has 0 N–H and O–H groups in total. The molecule has 7 heteroatoms. The highest BCUT2D eigenvalue weighted by molar-refractivity contribution is 6.31. The number of non-ortho nitro benzene ring substituents is 1. The van der Waals surface area contributed by atoms with Gasteiger partial charge in [-0.15, -0.1) is 0 Å². The predicted octanol–water partition coefficient (Wildman–Crippen LogP) is 0.576. The predicted molar refractivity (Wildman–Crippen MR) is 86.6 cm³/mol. The third kappa shape index (κ3) is 3.77. The lowest BCUT2D eigenvalue weighted by Gasteiger charge is -2.02. The van der Waals surface area contributed by atoms with Crippen LogP contribution in [0.1, 0.15) is 10.4 Å². The second kappa shape index (κ2) is 7.51. The highest BCUT2D eigenvalue weighted by Gasteiger charge is 2.17. The first-order valence-corrected chi connectivity index (χ1v) is 7.28. The van der Waals surface area contributed by atoms with E-state index in [9.17, 15) is 14.9 Å². The number of benzene rings is 2. The third-order valence-corrected chi connectivity index (χ3v) is 3.77. The van der Waals surface area contributed by atoms with Crippen LogP contribution in [0.2, 0.25) is 5.02 Å². The van der Waals surface area contributed by atoms with Gasteiger partial charge in [-0.05, 0) is 18.2 Å². The number of Topliss-reactive ketones (excluding diaryl/α,β-unsaturated/α-hetero) is 1. The Morgan fingerprint density at radius 1 is 1.12 bits per heavy atom. The first-order chi connectivity index (χ1) is 11.0. The molecule has 2 aromatic carbocycles. The van der Waals surface area contributed by atoms with Crippen molar-refractivity contribution in [3.8, 4) is 0 Å². The zero-order valence-electron chi connectivity index (χ0n) is 12.4. The van der Waals surface area contributed by atoms with Gasteiger partial charge in [0.2, 0.25) is 17.8 Å². The van der Waals surface area contributed by atoms with Crippen LogP contribution >= 0.6 is 11.6 Å². The van der Waals surface area contributed by atoms with Gasteiger partial charge in [0, 0.05) is 40.2 Å². The first kappa shape index (κ1) is 18.0. The number of halogens is 2. The quantitative estimate of drug-likeness (QED) is 0.275. The summed E-state index contributed by atoms with van der Waals surface area (Å²) in [7, 11) is 0. The van der Waals surface area contributed by atoms with Gasteiger partial charge in [0.25, 0.3) is 5.69 Å². The minimum atomic E-state index is -0.510. The summed E-state index contributed by atoms with van der Waals surface area (Å²) in [5, 5.41) is 12.4. The minimum absolute atomic E-state index is 0. The van der Waals surface area contributed by atoms with Gasteiger partial charge in [-0.2, -0.15) is 4.57 Å². The normalized spacial score (nSPS) is 10.2. The van der Waals surface area contributed by atoms with E-state index in [-0.39, 0.29) is 35.0 Å². The summed E-state index contributed by atoms with van der Waals surface area (Å²) in [6.45, 7) is 0.0974. The summed E-state index contributed by atoms with van der Waals surface area (Å²) in [5.74, 6) is -0.193. The number of ketones is 1. The number of hydrogen-bond acceptors (Lipinski definition) is 3. The molecule has 122 valence electrons. The van der Waals surface area contributed by atoms with Crippen LogP contribution in [0.3, 0.4) is 0 Å². The van der Waals surface area contributed by atoms with Gasteiger partial charge in [-0.25, -0.2) is 0 Å². The lowest BCUT2D eigenvalue weighted by atomic mass is 10.1. The summed E-state index contributed by atoms with van der Waals surface area (Å²) in [4.78, 5) is 22.7. The first-order valence-electron chi connectivity index (χ1n) is 6.90. The van der Waals surface area contributed by atoms with Gasteiger partial charge in [0.05, 0.1) is 4.92 Å². The molecule has 0 spiro atoms. The van der Waals surface area contributed by atoms with E-state index in [0.717, 1.165) is 10.9 Å². The molecule has 1 heterocycles. The van der Waals surface area contributed by atoms with Crippen molar-refractivity contribution in [3.63, 3.8) is 0 Å². The summed E-state index contributed by atoms with van der Waals surface area (Å²) in [5.41, 5.74) is 1.10. The van der Waals surface area contributed by atoms with Gasteiger partial charge in [-0.1, -0.05) is 23.7 Å². The van der Waals surface area contributed by atoms with Crippen LogP contribution in [-0.4, -0.2) is 10.7 Å². The Bertz CT molecular complexity index is 931. The molecule has 0 aliphatic rings. The molecule has 0 unspecified atom stereocenters. The molecular formula is C17H12BrClN2O3. The number of carbonyl (C=O) groups excluding carboxylic acids is 1. The second-order valence-corrected chi connectivity index (χ2v) is 5.51. The second-order valence-electron chi connectivity index (χ2n) is 5.07.